The number of hydrogen-bond acceptors (Lipinski definition) is 4. The minimum Gasteiger partial charge on any atom is -0.321 e. The molecule has 0 radical (unpaired) electrons. The topological polar surface area (TPSA) is 69.5 Å². The van der Waals surface area contributed by atoms with Gasteiger partial charge in [0.15, 0.2) is 0 Å². The van der Waals surface area contributed by atoms with E-state index in [1.165, 1.54) is 11.8 Å². The van der Waals surface area contributed by atoms with Crippen molar-refractivity contribution in [3.8, 4) is 17.3 Å². The number of fused-ring (bicyclic) bond motifs is 1. The monoisotopic (exact) mass is 389 g/mol. The Morgan fingerprint density at radius 3 is 2.43 bits per heavy atom. The minimum absolute atomic E-state index is 0.269. The van der Waals surface area contributed by atoms with Crippen LogP contribution in [0.3, 0.4) is 0 Å². The van der Waals surface area contributed by atoms with Crippen LogP contribution in [0.25, 0.3) is 34.2 Å². The van der Waals surface area contributed by atoms with Crippen LogP contribution < -0.4 is 16.1 Å². The van der Waals surface area contributed by atoms with E-state index in [4.69, 9.17) is 0 Å². The summed E-state index contributed by atoms with van der Waals surface area (Å²) < 4.78 is 0. The van der Waals surface area contributed by atoms with Crippen molar-refractivity contribution in [1.29, 1.82) is 5.26 Å². The second kappa shape index (κ2) is 9.72. The number of nitrogens with zero attached hydrogens (tertiary/aromatic N) is 2. The van der Waals surface area contributed by atoms with E-state index >= 15 is 0 Å². The molecule has 0 saturated heterocycles. The second-order valence-electron chi connectivity index (χ2n) is 5.55. The molecule has 0 fully saturated rings. The predicted octanol–water partition coefficient (Wildman–Crippen LogP) is 3.98. The Hall–Kier alpha value is -3.10. The van der Waals surface area contributed by atoms with Crippen LogP contribution in [0.2, 0.25) is 0 Å². The summed E-state index contributed by atoms with van der Waals surface area (Å²) in [6.07, 6.45) is 7.13. The zero-order chi connectivity index (χ0) is 20.7. The Bertz CT molecular complexity index is 1220. The molecule has 0 saturated carbocycles. The molecule has 142 valence electrons. The summed E-state index contributed by atoms with van der Waals surface area (Å²) >= 11 is 1.40. The molecule has 0 aliphatic carbocycles. The Labute approximate surface area is 169 Å². The van der Waals surface area contributed by atoms with Gasteiger partial charge in [0, 0.05) is 21.5 Å². The summed E-state index contributed by atoms with van der Waals surface area (Å²) in [5.41, 5.74) is 1.57. The fourth-order valence-corrected chi connectivity index (χ4v) is 3.58. The number of aromatic nitrogens is 2. The number of hydrogen-bond donors (Lipinski definition) is 1. The zero-order valence-electron chi connectivity index (χ0n) is 16.5. The quantitative estimate of drug-likeness (QED) is 0.688. The summed E-state index contributed by atoms with van der Waals surface area (Å²) in [6, 6.07) is 11.8. The number of allylic oxidation sites excluding steroid dienone is 1. The lowest BCUT2D eigenvalue weighted by atomic mass is 10.0. The van der Waals surface area contributed by atoms with Gasteiger partial charge in [-0.1, -0.05) is 62.9 Å². The Balaban J connectivity index is 0.00000136. The summed E-state index contributed by atoms with van der Waals surface area (Å²) in [6.45, 7) is 9.59. The van der Waals surface area contributed by atoms with Crippen LogP contribution in [-0.4, -0.2) is 16.2 Å². The third-order valence-corrected chi connectivity index (χ3v) is 4.81. The molecule has 3 aromatic rings. The molecule has 28 heavy (non-hydrogen) atoms. The Morgan fingerprint density at radius 2 is 1.89 bits per heavy atom. The maximum Gasteiger partial charge on any atom is 0.258 e. The summed E-state index contributed by atoms with van der Waals surface area (Å²) in [5.74, 6) is 0. The lowest BCUT2D eigenvalue weighted by Gasteiger charge is -2.11. The van der Waals surface area contributed by atoms with Gasteiger partial charge in [0.25, 0.3) is 5.56 Å². The van der Waals surface area contributed by atoms with Crippen molar-refractivity contribution in [2.45, 2.75) is 25.8 Å². The van der Waals surface area contributed by atoms with Gasteiger partial charge in [-0.15, -0.1) is 11.8 Å². The number of nitriles is 1. The normalized spacial score (nSPS) is 11.7. The van der Waals surface area contributed by atoms with Crippen LogP contribution in [0.4, 0.5) is 0 Å². The maximum atomic E-state index is 12.9. The highest BCUT2D eigenvalue weighted by molar-refractivity contribution is 7.98. The van der Waals surface area contributed by atoms with Gasteiger partial charge in [0.1, 0.15) is 11.1 Å². The van der Waals surface area contributed by atoms with E-state index in [0.29, 0.717) is 32.4 Å². The second-order valence-corrected chi connectivity index (χ2v) is 6.34. The van der Waals surface area contributed by atoms with Crippen molar-refractivity contribution in [3.63, 3.8) is 0 Å². The SMILES string of the molecule is C=C/C=c1/[nH]c(=O)c2c(-c3ccccc3)nc(SC)c(C#N)c2/c1=C/C.CC. The number of nitrogens with one attached hydrogen (secondary N) is 1. The average molecular weight is 390 g/mol. The van der Waals surface area contributed by atoms with Crippen molar-refractivity contribution in [2.75, 3.05) is 6.26 Å². The standard InChI is InChI=1S/C21H17N3OS.C2H6/c1-4-9-16-14(5-2)17-15(12-22)21(26-3)24-19(18(17)20(25)23-16)13-10-7-6-8-11-13;1-2/h4-11H,1H2,2-3H3,(H,23,25);1-2H3/b14-5+,16-9+;. The number of H-pyrrole nitrogens is 1. The first kappa shape index (κ1) is 21.2. The van der Waals surface area contributed by atoms with Gasteiger partial charge in [-0.05, 0) is 19.3 Å². The Morgan fingerprint density at radius 1 is 1.21 bits per heavy atom. The molecule has 1 N–H and O–H groups in total. The van der Waals surface area contributed by atoms with E-state index in [9.17, 15) is 10.1 Å². The third-order valence-electron chi connectivity index (χ3n) is 4.12. The molecule has 0 aliphatic rings. The molecule has 2 aromatic heterocycles. The molecule has 0 spiro atoms. The number of thioether (sulfide) groups is 1. The molecule has 0 unspecified atom stereocenters. The summed E-state index contributed by atoms with van der Waals surface area (Å²) in [5, 5.41) is 12.9. The van der Waals surface area contributed by atoms with E-state index in [2.05, 4.69) is 22.6 Å². The minimum atomic E-state index is -0.269. The summed E-state index contributed by atoms with van der Waals surface area (Å²) in [7, 11) is 0. The van der Waals surface area contributed by atoms with E-state index in [-0.39, 0.29) is 5.56 Å². The Kier molecular flexibility index (Phi) is 7.36. The fraction of sp³-hybridized carbons (Fsp3) is 0.174. The molecule has 0 bridgehead atoms. The van der Waals surface area contributed by atoms with Crippen LogP contribution in [0.5, 0.6) is 0 Å². The highest BCUT2D eigenvalue weighted by atomic mass is 32.2. The molecular weight excluding hydrogens is 366 g/mol. The van der Waals surface area contributed by atoms with Crippen LogP contribution in [-0.2, 0) is 0 Å². The summed E-state index contributed by atoms with van der Waals surface area (Å²) in [4.78, 5) is 20.5. The van der Waals surface area contributed by atoms with Crippen molar-refractivity contribution < 1.29 is 0 Å². The molecular formula is C23H23N3OS. The highest BCUT2D eigenvalue weighted by Gasteiger charge is 2.18. The van der Waals surface area contributed by atoms with E-state index in [1.54, 1.807) is 12.2 Å². The predicted molar refractivity (Wildman–Crippen MR) is 120 cm³/mol. The zero-order valence-corrected chi connectivity index (χ0v) is 17.4. The first-order valence-corrected chi connectivity index (χ1v) is 10.3. The highest BCUT2D eigenvalue weighted by Crippen LogP contribution is 2.30. The largest absolute Gasteiger partial charge is 0.321 e. The number of pyridine rings is 2. The smallest absolute Gasteiger partial charge is 0.258 e. The lowest BCUT2D eigenvalue weighted by Crippen LogP contribution is -2.36. The van der Waals surface area contributed by atoms with Crippen molar-refractivity contribution in [1.82, 2.24) is 9.97 Å². The third kappa shape index (κ3) is 3.78. The van der Waals surface area contributed by atoms with Crippen molar-refractivity contribution >= 4 is 34.7 Å². The molecule has 1 aromatic carbocycles. The first-order chi connectivity index (χ1) is 13.7. The number of aromatic amines is 1. The average Bonchev–Trinajstić information content (AvgIpc) is 2.75. The maximum absolute atomic E-state index is 12.9. The van der Waals surface area contributed by atoms with Gasteiger partial charge in [0.05, 0.1) is 16.6 Å². The molecule has 2 heterocycles. The van der Waals surface area contributed by atoms with Gasteiger partial charge < -0.3 is 4.98 Å². The number of benzene rings is 1. The van der Waals surface area contributed by atoms with Gasteiger partial charge >= 0.3 is 0 Å². The van der Waals surface area contributed by atoms with Crippen LogP contribution >= 0.6 is 11.8 Å². The first-order valence-electron chi connectivity index (χ1n) is 9.04. The van der Waals surface area contributed by atoms with E-state index < -0.39 is 0 Å². The molecule has 0 aliphatic heterocycles. The van der Waals surface area contributed by atoms with Crippen molar-refractivity contribution in [2.24, 2.45) is 0 Å². The van der Waals surface area contributed by atoms with Gasteiger partial charge in [0.2, 0.25) is 0 Å². The van der Waals surface area contributed by atoms with Crippen molar-refractivity contribution in [3.05, 3.63) is 69.5 Å². The lowest BCUT2D eigenvalue weighted by molar-refractivity contribution is 1.12. The number of rotatable bonds is 3. The van der Waals surface area contributed by atoms with Crippen LogP contribution in [0.15, 0.2) is 52.8 Å². The van der Waals surface area contributed by atoms with Gasteiger partial charge in [-0.3, -0.25) is 4.79 Å². The molecule has 0 atom stereocenters. The van der Waals surface area contributed by atoms with E-state index in [0.717, 1.165) is 10.8 Å². The molecule has 3 rings (SSSR count). The molecule has 0 amide bonds. The molecule has 5 heteroatoms. The van der Waals surface area contributed by atoms with Gasteiger partial charge in [-0.25, -0.2) is 4.98 Å². The molecule has 4 nitrogen and oxygen atoms in total. The van der Waals surface area contributed by atoms with Gasteiger partial charge in [-0.2, -0.15) is 5.26 Å². The van der Waals surface area contributed by atoms with Crippen LogP contribution in [0.1, 0.15) is 26.3 Å². The van der Waals surface area contributed by atoms with Crippen LogP contribution in [0, 0.1) is 11.3 Å². The van der Waals surface area contributed by atoms with E-state index in [1.807, 2.05) is 63.4 Å². The fourth-order valence-electron chi connectivity index (χ4n) is 3.05.